The van der Waals surface area contributed by atoms with Crippen LogP contribution in [0, 0.1) is 0 Å². The van der Waals surface area contributed by atoms with E-state index >= 15 is 0 Å². The Morgan fingerprint density at radius 2 is 1.91 bits per heavy atom. The van der Waals surface area contributed by atoms with Crippen LogP contribution in [0.25, 0.3) is 0 Å². The van der Waals surface area contributed by atoms with Crippen molar-refractivity contribution in [1.82, 2.24) is 5.32 Å². The molecule has 3 rings (SSSR count). The standard InChI is InChI=1S/C17H15BrClNO3/c1-10(20-17(21)11-3-2-4-12(19)7-11)13-8-15-16(9-14(13)18)23-6-5-22-15/h2-4,7-10H,5-6H2,1H3,(H,20,21). The highest BCUT2D eigenvalue weighted by atomic mass is 79.9. The second kappa shape index (κ2) is 6.81. The average Bonchev–Trinajstić information content (AvgIpc) is 2.54. The normalized spacial score (nSPS) is 14.2. The van der Waals surface area contributed by atoms with Gasteiger partial charge in [0, 0.05) is 15.1 Å². The summed E-state index contributed by atoms with van der Waals surface area (Å²) in [4.78, 5) is 12.3. The van der Waals surface area contributed by atoms with Crippen LogP contribution in [0.4, 0.5) is 0 Å². The van der Waals surface area contributed by atoms with Crippen LogP contribution in [-0.4, -0.2) is 19.1 Å². The molecule has 1 aliphatic heterocycles. The second-order valence-corrected chi connectivity index (χ2v) is 6.51. The molecule has 2 aromatic carbocycles. The molecule has 0 radical (unpaired) electrons. The summed E-state index contributed by atoms with van der Waals surface area (Å²) in [5, 5.41) is 3.50. The number of rotatable bonds is 3. The molecule has 0 saturated carbocycles. The van der Waals surface area contributed by atoms with Gasteiger partial charge in [-0.15, -0.1) is 0 Å². The van der Waals surface area contributed by atoms with E-state index in [0.717, 1.165) is 10.0 Å². The van der Waals surface area contributed by atoms with Crippen molar-refractivity contribution in [2.24, 2.45) is 0 Å². The molecule has 0 spiro atoms. The van der Waals surface area contributed by atoms with Crippen LogP contribution in [-0.2, 0) is 0 Å². The minimum Gasteiger partial charge on any atom is -0.486 e. The van der Waals surface area contributed by atoms with Crippen molar-refractivity contribution in [2.45, 2.75) is 13.0 Å². The topological polar surface area (TPSA) is 47.6 Å². The van der Waals surface area contributed by atoms with Crippen LogP contribution < -0.4 is 14.8 Å². The van der Waals surface area contributed by atoms with E-state index < -0.39 is 0 Å². The molecule has 0 aromatic heterocycles. The Hall–Kier alpha value is -1.72. The fraction of sp³-hybridized carbons (Fsp3) is 0.235. The van der Waals surface area contributed by atoms with E-state index in [4.69, 9.17) is 21.1 Å². The van der Waals surface area contributed by atoms with Gasteiger partial charge >= 0.3 is 0 Å². The molecule has 1 aliphatic rings. The maximum atomic E-state index is 12.3. The molecular formula is C17H15BrClNO3. The Bertz CT molecular complexity index is 751. The lowest BCUT2D eigenvalue weighted by atomic mass is 10.1. The largest absolute Gasteiger partial charge is 0.486 e. The van der Waals surface area contributed by atoms with E-state index in [2.05, 4.69) is 21.2 Å². The molecule has 1 atom stereocenters. The summed E-state index contributed by atoms with van der Waals surface area (Å²) in [6.07, 6.45) is 0. The summed E-state index contributed by atoms with van der Waals surface area (Å²) in [5.74, 6) is 1.22. The number of fused-ring (bicyclic) bond motifs is 1. The lowest BCUT2D eigenvalue weighted by Gasteiger charge is -2.22. The van der Waals surface area contributed by atoms with Crippen molar-refractivity contribution < 1.29 is 14.3 Å². The van der Waals surface area contributed by atoms with Gasteiger partial charge in [0.1, 0.15) is 13.2 Å². The van der Waals surface area contributed by atoms with E-state index in [1.807, 2.05) is 19.1 Å². The Morgan fingerprint density at radius 1 is 1.22 bits per heavy atom. The number of carbonyl (C=O) groups is 1. The fourth-order valence-corrected chi connectivity index (χ4v) is 3.26. The van der Waals surface area contributed by atoms with Crippen LogP contribution in [0.2, 0.25) is 5.02 Å². The van der Waals surface area contributed by atoms with E-state index in [-0.39, 0.29) is 11.9 Å². The number of halogens is 2. The van der Waals surface area contributed by atoms with E-state index in [0.29, 0.717) is 35.3 Å². The van der Waals surface area contributed by atoms with Gasteiger partial charge in [0.2, 0.25) is 0 Å². The van der Waals surface area contributed by atoms with Crippen LogP contribution in [0.3, 0.4) is 0 Å². The van der Waals surface area contributed by atoms with Gasteiger partial charge in [-0.1, -0.05) is 33.6 Å². The zero-order valence-corrected chi connectivity index (χ0v) is 14.8. The molecule has 1 unspecified atom stereocenters. The maximum absolute atomic E-state index is 12.3. The first kappa shape index (κ1) is 16.1. The minimum absolute atomic E-state index is 0.179. The number of hydrogen-bond acceptors (Lipinski definition) is 3. The molecule has 1 heterocycles. The van der Waals surface area contributed by atoms with Gasteiger partial charge in [-0.25, -0.2) is 0 Å². The number of amides is 1. The van der Waals surface area contributed by atoms with Crippen molar-refractivity contribution in [3.05, 3.63) is 57.0 Å². The Morgan fingerprint density at radius 3 is 2.61 bits per heavy atom. The number of benzene rings is 2. The molecule has 120 valence electrons. The Kier molecular flexibility index (Phi) is 4.78. The first-order chi connectivity index (χ1) is 11.0. The van der Waals surface area contributed by atoms with Gasteiger partial charge in [-0.2, -0.15) is 0 Å². The predicted octanol–water partition coefficient (Wildman–Crippen LogP) is 4.36. The number of hydrogen-bond donors (Lipinski definition) is 1. The van der Waals surface area contributed by atoms with Gasteiger partial charge in [0.15, 0.2) is 11.5 Å². The summed E-state index contributed by atoms with van der Waals surface area (Å²) < 4.78 is 12.0. The first-order valence-corrected chi connectivity index (χ1v) is 8.37. The molecule has 23 heavy (non-hydrogen) atoms. The van der Waals surface area contributed by atoms with E-state index in [1.165, 1.54) is 0 Å². The quantitative estimate of drug-likeness (QED) is 0.838. The van der Waals surface area contributed by atoms with Gasteiger partial charge in [-0.3, -0.25) is 4.79 Å². The smallest absolute Gasteiger partial charge is 0.251 e. The highest BCUT2D eigenvalue weighted by Crippen LogP contribution is 2.37. The Balaban J connectivity index is 1.80. The lowest BCUT2D eigenvalue weighted by molar-refractivity contribution is 0.0939. The summed E-state index contributed by atoms with van der Waals surface area (Å²) in [6.45, 7) is 2.98. The third kappa shape index (κ3) is 3.62. The average molecular weight is 397 g/mol. The molecule has 0 saturated heterocycles. The zero-order valence-electron chi connectivity index (χ0n) is 12.4. The molecule has 0 fully saturated rings. The van der Waals surface area contributed by atoms with Gasteiger partial charge in [0.05, 0.1) is 6.04 Å². The van der Waals surface area contributed by atoms with Crippen LogP contribution in [0.1, 0.15) is 28.9 Å². The van der Waals surface area contributed by atoms with Crippen molar-refractivity contribution in [3.8, 4) is 11.5 Å². The monoisotopic (exact) mass is 395 g/mol. The fourth-order valence-electron chi connectivity index (χ4n) is 2.40. The molecule has 0 bridgehead atoms. The summed E-state index contributed by atoms with van der Waals surface area (Å²) >= 11 is 9.45. The third-order valence-corrected chi connectivity index (χ3v) is 4.48. The van der Waals surface area contributed by atoms with Crippen molar-refractivity contribution >= 4 is 33.4 Å². The molecule has 2 aromatic rings. The van der Waals surface area contributed by atoms with Crippen molar-refractivity contribution in [2.75, 3.05) is 13.2 Å². The predicted molar refractivity (Wildman–Crippen MR) is 92.5 cm³/mol. The number of carbonyl (C=O) groups excluding carboxylic acids is 1. The van der Waals surface area contributed by atoms with Crippen molar-refractivity contribution in [1.29, 1.82) is 0 Å². The van der Waals surface area contributed by atoms with Gasteiger partial charge in [0.25, 0.3) is 5.91 Å². The van der Waals surface area contributed by atoms with Crippen molar-refractivity contribution in [3.63, 3.8) is 0 Å². The van der Waals surface area contributed by atoms with E-state index in [1.54, 1.807) is 24.3 Å². The second-order valence-electron chi connectivity index (χ2n) is 5.22. The molecular weight excluding hydrogens is 382 g/mol. The lowest BCUT2D eigenvalue weighted by Crippen LogP contribution is -2.27. The Labute approximate surface area is 147 Å². The highest BCUT2D eigenvalue weighted by molar-refractivity contribution is 9.10. The van der Waals surface area contributed by atoms with Crippen LogP contribution in [0.5, 0.6) is 11.5 Å². The molecule has 4 nitrogen and oxygen atoms in total. The number of ether oxygens (including phenoxy) is 2. The van der Waals surface area contributed by atoms with Crippen LogP contribution in [0.15, 0.2) is 40.9 Å². The summed E-state index contributed by atoms with van der Waals surface area (Å²) in [7, 11) is 0. The summed E-state index contributed by atoms with van der Waals surface area (Å²) in [5.41, 5.74) is 1.45. The third-order valence-electron chi connectivity index (χ3n) is 3.56. The molecule has 6 heteroatoms. The SMILES string of the molecule is CC(NC(=O)c1cccc(Cl)c1)c1cc2c(cc1Br)OCCO2. The van der Waals surface area contributed by atoms with E-state index in [9.17, 15) is 4.79 Å². The zero-order chi connectivity index (χ0) is 16.4. The minimum atomic E-state index is -0.202. The molecule has 0 aliphatic carbocycles. The molecule has 1 N–H and O–H groups in total. The summed E-state index contributed by atoms with van der Waals surface area (Å²) in [6, 6.07) is 10.4. The first-order valence-electron chi connectivity index (χ1n) is 7.20. The van der Waals surface area contributed by atoms with Gasteiger partial charge < -0.3 is 14.8 Å². The maximum Gasteiger partial charge on any atom is 0.251 e. The van der Waals surface area contributed by atoms with Crippen LogP contribution >= 0.6 is 27.5 Å². The molecule has 1 amide bonds. The highest BCUT2D eigenvalue weighted by Gasteiger charge is 2.19. The number of nitrogens with one attached hydrogen (secondary N) is 1. The van der Waals surface area contributed by atoms with Gasteiger partial charge in [-0.05, 0) is 42.8 Å².